The van der Waals surface area contributed by atoms with E-state index in [4.69, 9.17) is 4.74 Å². The standard InChI is InChI=1S/C25H30N4O3.ClH/c1-17-23(24(25(30)31)29-28-17)27-21-6-2-19(3-7-21)16-20-4-8-22(9-5-20)32-15-12-18-10-13-26-14-11-18;/h2-9,18,26-27H,10-16H2,1H3,(H,28,29)(H,30,31);1H. The van der Waals surface area contributed by atoms with Crippen molar-refractivity contribution in [1.29, 1.82) is 0 Å². The van der Waals surface area contributed by atoms with Gasteiger partial charge in [-0.3, -0.25) is 5.10 Å². The molecule has 0 unspecified atom stereocenters. The van der Waals surface area contributed by atoms with Crippen LogP contribution in [-0.4, -0.2) is 41.0 Å². The molecule has 0 atom stereocenters. The fraction of sp³-hybridized carbons (Fsp3) is 0.360. The number of nitrogens with zero attached hydrogens (tertiary/aromatic N) is 1. The summed E-state index contributed by atoms with van der Waals surface area (Å²) in [6, 6.07) is 16.3. The van der Waals surface area contributed by atoms with Crippen molar-refractivity contribution in [3.63, 3.8) is 0 Å². The highest BCUT2D eigenvalue weighted by Crippen LogP contribution is 2.24. The van der Waals surface area contributed by atoms with Gasteiger partial charge in [0.05, 0.1) is 18.0 Å². The summed E-state index contributed by atoms with van der Waals surface area (Å²) in [4.78, 5) is 11.3. The molecule has 1 aliphatic rings. The second-order valence-corrected chi connectivity index (χ2v) is 8.35. The lowest BCUT2D eigenvalue weighted by Crippen LogP contribution is -2.28. The minimum Gasteiger partial charge on any atom is -0.494 e. The molecule has 1 saturated heterocycles. The summed E-state index contributed by atoms with van der Waals surface area (Å²) in [7, 11) is 0. The molecule has 7 nitrogen and oxygen atoms in total. The zero-order valence-electron chi connectivity index (χ0n) is 18.8. The number of carboxylic acids is 1. The molecule has 8 heteroatoms. The Hall–Kier alpha value is -3.03. The number of carboxylic acid groups (broad SMARTS) is 1. The summed E-state index contributed by atoms with van der Waals surface area (Å²) >= 11 is 0. The topological polar surface area (TPSA) is 99.3 Å². The Morgan fingerprint density at radius 3 is 2.36 bits per heavy atom. The maximum Gasteiger partial charge on any atom is 0.358 e. The molecule has 0 radical (unpaired) electrons. The number of halogens is 1. The van der Waals surface area contributed by atoms with E-state index in [9.17, 15) is 9.90 Å². The van der Waals surface area contributed by atoms with E-state index in [-0.39, 0.29) is 18.1 Å². The van der Waals surface area contributed by atoms with Gasteiger partial charge in [-0.05, 0) is 87.0 Å². The first-order valence-electron chi connectivity index (χ1n) is 11.1. The molecule has 3 aromatic rings. The molecule has 4 N–H and O–H groups in total. The van der Waals surface area contributed by atoms with E-state index < -0.39 is 5.97 Å². The van der Waals surface area contributed by atoms with Crippen molar-refractivity contribution in [3.05, 3.63) is 71.0 Å². The normalized spacial score (nSPS) is 13.8. The predicted octanol–water partition coefficient (Wildman–Crippen LogP) is 4.94. The number of nitrogens with one attached hydrogen (secondary N) is 3. The van der Waals surface area contributed by atoms with Gasteiger partial charge >= 0.3 is 5.97 Å². The Morgan fingerprint density at radius 1 is 1.09 bits per heavy atom. The van der Waals surface area contributed by atoms with Gasteiger partial charge in [0.1, 0.15) is 5.75 Å². The third-order valence-corrected chi connectivity index (χ3v) is 5.96. The number of ether oxygens (including phenoxy) is 1. The minimum absolute atomic E-state index is 0. The van der Waals surface area contributed by atoms with E-state index >= 15 is 0 Å². The molecule has 4 rings (SSSR count). The zero-order chi connectivity index (χ0) is 22.3. The summed E-state index contributed by atoms with van der Waals surface area (Å²) in [5, 5.41) is 22.4. The Labute approximate surface area is 200 Å². The number of anilines is 2. The molecule has 0 bridgehead atoms. The van der Waals surface area contributed by atoms with Gasteiger partial charge in [0.15, 0.2) is 5.69 Å². The number of aromatic nitrogens is 2. The van der Waals surface area contributed by atoms with E-state index in [1.54, 1.807) is 6.92 Å². The van der Waals surface area contributed by atoms with E-state index in [0.717, 1.165) is 49.9 Å². The van der Waals surface area contributed by atoms with Crippen LogP contribution in [-0.2, 0) is 6.42 Å². The van der Waals surface area contributed by atoms with Gasteiger partial charge in [0.2, 0.25) is 0 Å². The molecule has 176 valence electrons. The third kappa shape index (κ3) is 6.73. The number of benzene rings is 2. The van der Waals surface area contributed by atoms with Crippen molar-refractivity contribution in [2.45, 2.75) is 32.6 Å². The lowest BCUT2D eigenvalue weighted by molar-refractivity contribution is 0.0691. The molecule has 33 heavy (non-hydrogen) atoms. The monoisotopic (exact) mass is 470 g/mol. The largest absolute Gasteiger partial charge is 0.494 e. The molecule has 0 saturated carbocycles. The van der Waals surface area contributed by atoms with Crippen LogP contribution in [0.5, 0.6) is 5.75 Å². The Balaban J connectivity index is 0.00000306. The van der Waals surface area contributed by atoms with Crippen molar-refractivity contribution in [2.24, 2.45) is 5.92 Å². The van der Waals surface area contributed by atoms with Crippen molar-refractivity contribution in [1.82, 2.24) is 15.5 Å². The molecule has 0 amide bonds. The molecular weight excluding hydrogens is 440 g/mol. The molecule has 1 fully saturated rings. The van der Waals surface area contributed by atoms with Crippen molar-refractivity contribution < 1.29 is 14.6 Å². The number of hydrogen-bond acceptors (Lipinski definition) is 5. The van der Waals surface area contributed by atoms with Gasteiger partial charge in [0, 0.05) is 5.69 Å². The molecule has 0 spiro atoms. The van der Waals surface area contributed by atoms with E-state index in [1.807, 2.05) is 36.4 Å². The van der Waals surface area contributed by atoms with Gasteiger partial charge in [-0.25, -0.2) is 4.79 Å². The highest BCUT2D eigenvalue weighted by atomic mass is 35.5. The van der Waals surface area contributed by atoms with Crippen LogP contribution in [0.4, 0.5) is 11.4 Å². The van der Waals surface area contributed by atoms with Crippen LogP contribution in [0, 0.1) is 12.8 Å². The number of carbonyl (C=O) groups is 1. The third-order valence-electron chi connectivity index (χ3n) is 5.96. The fourth-order valence-electron chi connectivity index (χ4n) is 4.04. The van der Waals surface area contributed by atoms with E-state index in [2.05, 4.69) is 33.0 Å². The number of aromatic carboxylic acids is 1. The predicted molar refractivity (Wildman–Crippen MR) is 132 cm³/mol. The van der Waals surface area contributed by atoms with Crippen molar-refractivity contribution in [3.8, 4) is 5.75 Å². The van der Waals surface area contributed by atoms with Gasteiger partial charge in [-0.1, -0.05) is 24.3 Å². The molecule has 1 aromatic heterocycles. The number of aryl methyl sites for hydroxylation is 1. The highest BCUT2D eigenvalue weighted by molar-refractivity contribution is 5.93. The van der Waals surface area contributed by atoms with Crippen LogP contribution in [0.3, 0.4) is 0 Å². The van der Waals surface area contributed by atoms with Crippen molar-refractivity contribution in [2.75, 3.05) is 25.0 Å². The number of hydrogen-bond donors (Lipinski definition) is 4. The number of aromatic amines is 1. The quantitative estimate of drug-likeness (QED) is 0.353. The lowest BCUT2D eigenvalue weighted by Gasteiger charge is -2.22. The first kappa shape index (κ1) is 24.6. The van der Waals surface area contributed by atoms with Crippen LogP contribution in [0.2, 0.25) is 0 Å². The van der Waals surface area contributed by atoms with Gasteiger partial charge < -0.3 is 20.5 Å². The number of piperidine rings is 1. The van der Waals surface area contributed by atoms with Crippen LogP contribution in [0.25, 0.3) is 0 Å². The van der Waals surface area contributed by atoms with Crippen LogP contribution < -0.4 is 15.4 Å². The van der Waals surface area contributed by atoms with Crippen LogP contribution >= 0.6 is 12.4 Å². The maximum atomic E-state index is 11.3. The second kappa shape index (κ2) is 11.7. The highest BCUT2D eigenvalue weighted by Gasteiger charge is 2.17. The SMILES string of the molecule is Cc1[nH]nc(C(=O)O)c1Nc1ccc(Cc2ccc(OCCC3CCNCC3)cc2)cc1.Cl. The average Bonchev–Trinajstić information content (AvgIpc) is 3.17. The summed E-state index contributed by atoms with van der Waals surface area (Å²) in [6.07, 6.45) is 4.44. The van der Waals surface area contributed by atoms with Crippen molar-refractivity contribution >= 4 is 29.8 Å². The van der Waals surface area contributed by atoms with Gasteiger partial charge in [0.25, 0.3) is 0 Å². The zero-order valence-corrected chi connectivity index (χ0v) is 19.6. The van der Waals surface area contributed by atoms with Crippen LogP contribution in [0.15, 0.2) is 48.5 Å². The Morgan fingerprint density at radius 2 is 1.73 bits per heavy atom. The Bertz CT molecular complexity index is 1030. The minimum atomic E-state index is -1.06. The molecule has 1 aliphatic heterocycles. The summed E-state index contributed by atoms with van der Waals surface area (Å²) in [6.45, 7) is 4.82. The van der Waals surface area contributed by atoms with Crippen LogP contribution in [0.1, 0.15) is 46.6 Å². The molecular formula is C25H31ClN4O3. The van der Waals surface area contributed by atoms with Gasteiger partial charge in [-0.2, -0.15) is 5.10 Å². The van der Waals surface area contributed by atoms with E-state index in [0.29, 0.717) is 11.4 Å². The summed E-state index contributed by atoms with van der Waals surface area (Å²) in [5.74, 6) is 0.639. The summed E-state index contributed by atoms with van der Waals surface area (Å²) < 4.78 is 5.94. The fourth-order valence-corrected chi connectivity index (χ4v) is 4.04. The van der Waals surface area contributed by atoms with Gasteiger partial charge in [-0.15, -0.1) is 12.4 Å². The first-order valence-corrected chi connectivity index (χ1v) is 11.1. The van der Waals surface area contributed by atoms with E-state index in [1.165, 1.54) is 24.0 Å². The molecule has 0 aliphatic carbocycles. The lowest BCUT2D eigenvalue weighted by atomic mass is 9.95. The summed E-state index contributed by atoms with van der Waals surface area (Å²) in [5.41, 5.74) is 4.38. The first-order chi connectivity index (χ1) is 15.6. The average molecular weight is 471 g/mol. The Kier molecular flexibility index (Phi) is 8.74. The number of H-pyrrole nitrogens is 1. The maximum absolute atomic E-state index is 11.3. The smallest absolute Gasteiger partial charge is 0.358 e. The molecule has 2 aromatic carbocycles. The second-order valence-electron chi connectivity index (χ2n) is 8.35. The molecule has 2 heterocycles. The number of rotatable bonds is 9.